The minimum absolute atomic E-state index is 0.468. The lowest BCUT2D eigenvalue weighted by atomic mass is 10.1. The van der Waals surface area contributed by atoms with Gasteiger partial charge in [0.05, 0.1) is 10.2 Å². The summed E-state index contributed by atoms with van der Waals surface area (Å²) in [6.07, 6.45) is 2.38. The van der Waals surface area contributed by atoms with Crippen LogP contribution in [0.1, 0.15) is 12.8 Å². The van der Waals surface area contributed by atoms with Gasteiger partial charge in [0.25, 0.3) is 0 Å². The Bertz CT molecular complexity index is 583. The molecule has 0 spiro atoms. The maximum Gasteiger partial charge on any atom is 0.227 e. The topological polar surface area (TPSA) is 29.0 Å². The van der Waals surface area contributed by atoms with E-state index < -0.39 is 0 Å². The molecule has 0 radical (unpaired) electrons. The van der Waals surface area contributed by atoms with Crippen LogP contribution in [0, 0.1) is 0 Å². The maximum atomic E-state index is 6.22. The van der Waals surface area contributed by atoms with E-state index in [1.165, 1.54) is 12.8 Å². The number of aromatic nitrogens is 2. The predicted octanol–water partition coefficient (Wildman–Crippen LogP) is 4.16. The minimum Gasteiger partial charge on any atom is -0.341 e. The molecule has 0 aliphatic carbocycles. The van der Waals surface area contributed by atoms with Crippen LogP contribution in [-0.2, 0) is 0 Å². The van der Waals surface area contributed by atoms with Crippen molar-refractivity contribution >= 4 is 33.5 Å². The monoisotopic (exact) mass is 337 g/mol. The molecule has 0 N–H and O–H groups in total. The van der Waals surface area contributed by atoms with Gasteiger partial charge < -0.3 is 4.90 Å². The summed E-state index contributed by atoms with van der Waals surface area (Å²) >= 11 is 9.71. The SMILES string of the molecule is Clc1nc(N2CCCC2)nc(-c2ccccc2)c1Br. The number of anilines is 1. The van der Waals surface area contributed by atoms with Crippen molar-refractivity contribution in [3.63, 3.8) is 0 Å². The van der Waals surface area contributed by atoms with Gasteiger partial charge in [0.15, 0.2) is 0 Å². The Morgan fingerprint density at radius 2 is 1.74 bits per heavy atom. The van der Waals surface area contributed by atoms with E-state index in [2.05, 4.69) is 30.8 Å². The van der Waals surface area contributed by atoms with Gasteiger partial charge in [0.1, 0.15) is 5.15 Å². The molecule has 0 saturated carbocycles. The summed E-state index contributed by atoms with van der Waals surface area (Å²) in [4.78, 5) is 11.2. The standard InChI is InChI=1S/C14H13BrClN3/c15-11-12(10-6-2-1-3-7-10)17-14(18-13(11)16)19-8-4-5-9-19/h1-3,6-7H,4-5,8-9H2. The van der Waals surface area contributed by atoms with E-state index in [1.54, 1.807) is 0 Å². The smallest absolute Gasteiger partial charge is 0.227 e. The van der Waals surface area contributed by atoms with Gasteiger partial charge in [-0.1, -0.05) is 41.9 Å². The van der Waals surface area contributed by atoms with Crippen molar-refractivity contribution in [2.45, 2.75) is 12.8 Å². The number of hydrogen-bond acceptors (Lipinski definition) is 3. The van der Waals surface area contributed by atoms with E-state index in [-0.39, 0.29) is 0 Å². The fourth-order valence-electron chi connectivity index (χ4n) is 2.25. The predicted molar refractivity (Wildman–Crippen MR) is 81.6 cm³/mol. The second kappa shape index (κ2) is 5.47. The summed E-state index contributed by atoms with van der Waals surface area (Å²) in [5.74, 6) is 0.726. The molecule has 0 amide bonds. The average molecular weight is 339 g/mol. The highest BCUT2D eigenvalue weighted by Crippen LogP contribution is 2.33. The zero-order chi connectivity index (χ0) is 13.2. The number of halogens is 2. The zero-order valence-electron chi connectivity index (χ0n) is 10.3. The zero-order valence-corrected chi connectivity index (χ0v) is 12.7. The molecule has 1 aromatic heterocycles. The first-order valence-corrected chi connectivity index (χ1v) is 7.46. The molecule has 1 saturated heterocycles. The molecule has 0 atom stereocenters. The van der Waals surface area contributed by atoms with Crippen molar-refractivity contribution in [1.29, 1.82) is 0 Å². The van der Waals surface area contributed by atoms with Crippen LogP contribution in [0.15, 0.2) is 34.8 Å². The molecule has 1 aliphatic rings. The molecule has 2 heterocycles. The van der Waals surface area contributed by atoms with Crippen LogP contribution in [0.2, 0.25) is 5.15 Å². The quantitative estimate of drug-likeness (QED) is 0.770. The fourth-order valence-corrected chi connectivity index (χ4v) is 2.83. The number of nitrogens with zero attached hydrogens (tertiary/aromatic N) is 3. The number of hydrogen-bond donors (Lipinski definition) is 0. The van der Waals surface area contributed by atoms with E-state index in [4.69, 9.17) is 11.6 Å². The van der Waals surface area contributed by atoms with Crippen molar-refractivity contribution in [3.8, 4) is 11.3 Å². The Morgan fingerprint density at radius 3 is 2.42 bits per heavy atom. The third-order valence-corrected chi connectivity index (χ3v) is 4.49. The molecule has 5 heteroatoms. The van der Waals surface area contributed by atoms with Crippen molar-refractivity contribution in [2.75, 3.05) is 18.0 Å². The Kier molecular flexibility index (Phi) is 3.71. The Hall–Kier alpha value is -1.13. The molecule has 98 valence electrons. The largest absolute Gasteiger partial charge is 0.341 e. The fraction of sp³-hybridized carbons (Fsp3) is 0.286. The van der Waals surface area contributed by atoms with Crippen molar-refractivity contribution < 1.29 is 0 Å². The summed E-state index contributed by atoms with van der Waals surface area (Å²) in [5.41, 5.74) is 1.89. The molecule has 3 nitrogen and oxygen atoms in total. The number of benzene rings is 1. The lowest BCUT2D eigenvalue weighted by Gasteiger charge is -2.17. The summed E-state index contributed by atoms with van der Waals surface area (Å²) < 4.78 is 0.753. The molecule has 0 bridgehead atoms. The molecule has 2 aromatic rings. The minimum atomic E-state index is 0.468. The van der Waals surface area contributed by atoms with Gasteiger partial charge in [-0.2, -0.15) is 4.98 Å². The first-order valence-electron chi connectivity index (χ1n) is 6.29. The first-order chi connectivity index (χ1) is 9.25. The van der Waals surface area contributed by atoms with Gasteiger partial charge in [-0.15, -0.1) is 0 Å². The maximum absolute atomic E-state index is 6.22. The molecule has 0 unspecified atom stereocenters. The molecule has 1 aliphatic heterocycles. The summed E-state index contributed by atoms with van der Waals surface area (Å²) in [7, 11) is 0. The van der Waals surface area contributed by atoms with E-state index in [0.29, 0.717) is 5.15 Å². The lowest BCUT2D eigenvalue weighted by Crippen LogP contribution is -2.20. The molecular weight excluding hydrogens is 326 g/mol. The van der Waals surface area contributed by atoms with Crippen molar-refractivity contribution in [1.82, 2.24) is 9.97 Å². The molecule has 3 rings (SSSR count). The second-order valence-electron chi connectivity index (χ2n) is 4.54. The van der Waals surface area contributed by atoms with E-state index in [0.717, 1.165) is 34.8 Å². The summed E-state index contributed by atoms with van der Waals surface area (Å²) in [6, 6.07) is 10.0. The molecular formula is C14H13BrClN3. The van der Waals surface area contributed by atoms with Crippen LogP contribution in [0.3, 0.4) is 0 Å². The third-order valence-electron chi connectivity index (χ3n) is 3.24. The number of rotatable bonds is 2. The third kappa shape index (κ3) is 2.60. The highest BCUT2D eigenvalue weighted by Gasteiger charge is 2.19. The van der Waals surface area contributed by atoms with Gasteiger partial charge in [0.2, 0.25) is 5.95 Å². The molecule has 1 aromatic carbocycles. The van der Waals surface area contributed by atoms with Gasteiger partial charge in [-0.25, -0.2) is 4.98 Å². The van der Waals surface area contributed by atoms with Gasteiger partial charge >= 0.3 is 0 Å². The summed E-state index contributed by atoms with van der Waals surface area (Å²) in [6.45, 7) is 2.01. The first kappa shape index (κ1) is 12.9. The Labute approximate surface area is 125 Å². The normalized spacial score (nSPS) is 14.9. The second-order valence-corrected chi connectivity index (χ2v) is 5.69. The highest BCUT2D eigenvalue weighted by molar-refractivity contribution is 9.10. The summed E-state index contributed by atoms with van der Waals surface area (Å²) in [5, 5.41) is 0.468. The van der Waals surface area contributed by atoms with Gasteiger partial charge in [-0.3, -0.25) is 0 Å². The van der Waals surface area contributed by atoms with E-state index in [9.17, 15) is 0 Å². The van der Waals surface area contributed by atoms with Crippen molar-refractivity contribution in [3.05, 3.63) is 40.0 Å². The van der Waals surface area contributed by atoms with E-state index in [1.807, 2.05) is 30.3 Å². The van der Waals surface area contributed by atoms with Crippen molar-refractivity contribution in [2.24, 2.45) is 0 Å². The lowest BCUT2D eigenvalue weighted by molar-refractivity contribution is 0.898. The van der Waals surface area contributed by atoms with Crippen LogP contribution in [0.4, 0.5) is 5.95 Å². The van der Waals surface area contributed by atoms with Crippen LogP contribution in [0.25, 0.3) is 11.3 Å². The van der Waals surface area contributed by atoms with Crippen LogP contribution < -0.4 is 4.90 Å². The molecule has 1 fully saturated rings. The van der Waals surface area contributed by atoms with Gasteiger partial charge in [0, 0.05) is 18.7 Å². The van der Waals surface area contributed by atoms with Crippen LogP contribution in [-0.4, -0.2) is 23.1 Å². The average Bonchev–Trinajstić information content (AvgIpc) is 2.97. The van der Waals surface area contributed by atoms with Gasteiger partial charge in [-0.05, 0) is 28.8 Å². The highest BCUT2D eigenvalue weighted by atomic mass is 79.9. The Morgan fingerprint density at radius 1 is 1.05 bits per heavy atom. The van der Waals surface area contributed by atoms with Crippen LogP contribution in [0.5, 0.6) is 0 Å². The van der Waals surface area contributed by atoms with E-state index >= 15 is 0 Å². The van der Waals surface area contributed by atoms with Crippen LogP contribution >= 0.6 is 27.5 Å². The Balaban J connectivity index is 2.08. The molecule has 19 heavy (non-hydrogen) atoms.